The minimum Gasteiger partial charge on any atom is -0.379 e. The van der Waals surface area contributed by atoms with E-state index in [1.807, 2.05) is 0 Å². The highest BCUT2D eigenvalue weighted by molar-refractivity contribution is 5.30. The van der Waals surface area contributed by atoms with Crippen LogP contribution in [-0.4, -0.2) is 69.2 Å². The zero-order valence-electron chi connectivity index (χ0n) is 16.3. The van der Waals surface area contributed by atoms with Gasteiger partial charge >= 0.3 is 0 Å². The van der Waals surface area contributed by atoms with E-state index >= 15 is 0 Å². The summed E-state index contributed by atoms with van der Waals surface area (Å²) in [6.07, 6.45) is 4.04. The molecule has 0 unspecified atom stereocenters. The number of nitrogens with zero attached hydrogens (tertiary/aromatic N) is 7. The van der Waals surface area contributed by atoms with E-state index in [1.165, 1.54) is 0 Å². The topological polar surface area (TPSA) is 85.3 Å². The van der Waals surface area contributed by atoms with Gasteiger partial charge in [0.05, 0.1) is 19.8 Å². The van der Waals surface area contributed by atoms with E-state index in [0.29, 0.717) is 11.9 Å². The smallest absolute Gasteiger partial charge is 0.266 e. The molecular formula is C18H29N7O2. The third-order valence-electron chi connectivity index (χ3n) is 5.46. The van der Waals surface area contributed by atoms with E-state index in [9.17, 15) is 0 Å². The van der Waals surface area contributed by atoms with Crippen LogP contribution in [0, 0.1) is 0 Å². The second kappa shape index (κ2) is 8.35. The number of hydrogen-bond donors (Lipinski definition) is 0. The van der Waals surface area contributed by atoms with Crippen LogP contribution in [0.3, 0.4) is 0 Å². The molecule has 0 radical (unpaired) electrons. The van der Waals surface area contributed by atoms with Crippen molar-refractivity contribution in [3.63, 3.8) is 0 Å². The van der Waals surface area contributed by atoms with Crippen LogP contribution in [0.2, 0.25) is 0 Å². The first-order valence-corrected chi connectivity index (χ1v) is 10.0. The lowest BCUT2D eigenvalue weighted by Gasteiger charge is -2.31. The number of rotatable bonds is 6. The molecule has 0 amide bonds. The molecule has 27 heavy (non-hydrogen) atoms. The Morgan fingerprint density at radius 1 is 1.15 bits per heavy atom. The lowest BCUT2D eigenvalue weighted by atomic mass is 9.97. The van der Waals surface area contributed by atoms with Crippen LogP contribution in [0.5, 0.6) is 0 Å². The molecule has 9 heteroatoms. The van der Waals surface area contributed by atoms with E-state index in [0.717, 1.165) is 89.2 Å². The molecule has 0 spiro atoms. The maximum Gasteiger partial charge on any atom is 0.266 e. The van der Waals surface area contributed by atoms with Crippen LogP contribution in [-0.2, 0) is 24.8 Å². The van der Waals surface area contributed by atoms with Gasteiger partial charge in [-0.15, -0.1) is 10.2 Å². The van der Waals surface area contributed by atoms with Gasteiger partial charge in [0.1, 0.15) is 11.6 Å². The van der Waals surface area contributed by atoms with E-state index < -0.39 is 0 Å². The Morgan fingerprint density at radius 3 is 2.81 bits per heavy atom. The van der Waals surface area contributed by atoms with Crippen molar-refractivity contribution in [2.75, 3.05) is 44.3 Å². The fraction of sp³-hybridized carbons (Fsp3) is 0.778. The molecule has 2 fully saturated rings. The molecule has 2 aromatic heterocycles. The van der Waals surface area contributed by atoms with E-state index in [1.54, 1.807) is 0 Å². The number of aryl methyl sites for hydroxylation is 1. The zero-order valence-corrected chi connectivity index (χ0v) is 16.3. The second-order valence-corrected chi connectivity index (χ2v) is 7.45. The molecular weight excluding hydrogens is 346 g/mol. The van der Waals surface area contributed by atoms with Crippen LogP contribution in [0.15, 0.2) is 4.52 Å². The average Bonchev–Trinajstić information content (AvgIpc) is 3.31. The molecule has 2 aliphatic heterocycles. The predicted octanol–water partition coefficient (Wildman–Crippen LogP) is 1.37. The summed E-state index contributed by atoms with van der Waals surface area (Å²) in [6, 6.07) is 0. The Labute approximate surface area is 159 Å². The van der Waals surface area contributed by atoms with Crippen molar-refractivity contribution in [2.45, 2.75) is 45.1 Å². The van der Waals surface area contributed by atoms with Crippen LogP contribution < -0.4 is 4.90 Å². The van der Waals surface area contributed by atoms with Gasteiger partial charge in [0.15, 0.2) is 0 Å². The summed E-state index contributed by atoms with van der Waals surface area (Å²) in [7, 11) is 2.08. The molecule has 4 heterocycles. The minimum atomic E-state index is 0.336. The zero-order chi connectivity index (χ0) is 18.6. The summed E-state index contributed by atoms with van der Waals surface area (Å²) in [4.78, 5) is 9.13. The Bertz CT molecular complexity index is 738. The van der Waals surface area contributed by atoms with Crippen LogP contribution >= 0.6 is 0 Å². The van der Waals surface area contributed by atoms with Gasteiger partial charge in [0.2, 0.25) is 5.89 Å². The highest BCUT2D eigenvalue weighted by Crippen LogP contribution is 2.28. The Morgan fingerprint density at radius 2 is 2.00 bits per heavy atom. The van der Waals surface area contributed by atoms with Gasteiger partial charge in [-0.05, 0) is 24.4 Å². The summed E-state index contributed by atoms with van der Waals surface area (Å²) in [5.74, 6) is 3.84. The lowest BCUT2D eigenvalue weighted by Crippen LogP contribution is -2.37. The van der Waals surface area contributed by atoms with Gasteiger partial charge in [-0.1, -0.05) is 6.92 Å². The number of morpholine rings is 1. The van der Waals surface area contributed by atoms with Crippen molar-refractivity contribution >= 4 is 5.95 Å². The average molecular weight is 375 g/mol. The standard InChI is InChI=1S/C18H29N7O2/c1-3-5-16-19-18(22-27-16)25-7-4-6-14(12-25)17-21-20-15(23(17)2)13-24-8-10-26-11-9-24/h14H,3-13H2,1-2H3/t14-/m1/s1. The van der Waals surface area contributed by atoms with Crippen molar-refractivity contribution < 1.29 is 9.26 Å². The molecule has 1 atom stereocenters. The molecule has 0 aromatic carbocycles. The normalized spacial score (nSPS) is 21.7. The van der Waals surface area contributed by atoms with Crippen molar-refractivity contribution in [3.05, 3.63) is 17.5 Å². The Hall–Kier alpha value is -2.00. The third-order valence-corrected chi connectivity index (χ3v) is 5.46. The van der Waals surface area contributed by atoms with Gasteiger partial charge in [0.25, 0.3) is 5.95 Å². The van der Waals surface area contributed by atoms with Crippen molar-refractivity contribution in [1.82, 2.24) is 29.8 Å². The number of piperidine rings is 1. The minimum absolute atomic E-state index is 0.336. The number of hydrogen-bond acceptors (Lipinski definition) is 8. The number of anilines is 1. The summed E-state index contributed by atoms with van der Waals surface area (Å²) < 4.78 is 13.0. The third kappa shape index (κ3) is 4.14. The van der Waals surface area contributed by atoms with Gasteiger partial charge in [-0.3, -0.25) is 4.90 Å². The van der Waals surface area contributed by atoms with Crippen LogP contribution in [0.4, 0.5) is 5.95 Å². The van der Waals surface area contributed by atoms with E-state index in [4.69, 9.17) is 9.26 Å². The maximum absolute atomic E-state index is 5.43. The molecule has 2 aromatic rings. The Kier molecular flexibility index (Phi) is 5.68. The molecule has 0 bridgehead atoms. The molecule has 2 saturated heterocycles. The fourth-order valence-electron chi connectivity index (χ4n) is 3.89. The van der Waals surface area contributed by atoms with E-state index in [2.05, 4.69) is 48.7 Å². The lowest BCUT2D eigenvalue weighted by molar-refractivity contribution is 0.0326. The summed E-state index contributed by atoms with van der Waals surface area (Å²) in [5.41, 5.74) is 0. The first-order valence-electron chi connectivity index (χ1n) is 10.0. The maximum atomic E-state index is 5.43. The monoisotopic (exact) mass is 375 g/mol. The SMILES string of the molecule is CCCc1nc(N2CCC[C@@H](c3nnc(CN4CCOCC4)n3C)C2)no1. The van der Waals surface area contributed by atoms with Gasteiger partial charge in [-0.2, -0.15) is 4.98 Å². The quantitative estimate of drug-likeness (QED) is 0.748. The summed E-state index contributed by atoms with van der Waals surface area (Å²) in [5, 5.41) is 13.2. The highest BCUT2D eigenvalue weighted by Gasteiger charge is 2.28. The van der Waals surface area contributed by atoms with E-state index in [-0.39, 0.29) is 0 Å². The summed E-state index contributed by atoms with van der Waals surface area (Å²) in [6.45, 7) is 8.27. The fourth-order valence-corrected chi connectivity index (χ4v) is 3.89. The second-order valence-electron chi connectivity index (χ2n) is 7.45. The van der Waals surface area contributed by atoms with Crippen molar-refractivity contribution in [3.8, 4) is 0 Å². The molecule has 2 aliphatic rings. The van der Waals surface area contributed by atoms with Gasteiger partial charge in [0, 0.05) is 45.6 Å². The Balaban J connectivity index is 1.43. The largest absolute Gasteiger partial charge is 0.379 e. The first kappa shape index (κ1) is 18.4. The molecule has 9 nitrogen and oxygen atoms in total. The van der Waals surface area contributed by atoms with Crippen LogP contribution in [0.25, 0.3) is 0 Å². The van der Waals surface area contributed by atoms with Gasteiger partial charge in [-0.25, -0.2) is 0 Å². The first-order chi connectivity index (χ1) is 13.2. The molecule has 148 valence electrons. The van der Waals surface area contributed by atoms with Crippen molar-refractivity contribution in [1.29, 1.82) is 0 Å². The number of aromatic nitrogens is 5. The molecule has 4 rings (SSSR count). The molecule has 0 saturated carbocycles. The van der Waals surface area contributed by atoms with Crippen molar-refractivity contribution in [2.24, 2.45) is 7.05 Å². The number of ether oxygens (including phenoxy) is 1. The van der Waals surface area contributed by atoms with Crippen LogP contribution in [0.1, 0.15) is 49.6 Å². The molecule has 0 aliphatic carbocycles. The predicted molar refractivity (Wildman–Crippen MR) is 99.6 cm³/mol. The molecule has 0 N–H and O–H groups in total. The highest BCUT2D eigenvalue weighted by atomic mass is 16.5. The summed E-state index contributed by atoms with van der Waals surface area (Å²) >= 11 is 0. The van der Waals surface area contributed by atoms with Gasteiger partial charge < -0.3 is 18.7 Å².